The molecule has 8 heteroatoms. The Balaban J connectivity index is 1.27. The smallest absolute Gasteiger partial charge is 0.246 e. The first kappa shape index (κ1) is 25.2. The zero-order valence-corrected chi connectivity index (χ0v) is 21.3. The Labute approximate surface area is 219 Å². The number of benzene rings is 3. The van der Waals surface area contributed by atoms with Crippen molar-refractivity contribution >= 4 is 64.2 Å². The van der Waals surface area contributed by atoms with E-state index < -0.39 is 0 Å². The van der Waals surface area contributed by atoms with Gasteiger partial charge in [0.1, 0.15) is 0 Å². The van der Waals surface area contributed by atoms with E-state index in [2.05, 4.69) is 10.2 Å². The van der Waals surface area contributed by atoms with Crippen molar-refractivity contribution in [3.8, 4) is 0 Å². The van der Waals surface area contributed by atoms with Gasteiger partial charge in [0, 0.05) is 47.9 Å². The molecule has 0 bridgehead atoms. The van der Waals surface area contributed by atoms with Crippen molar-refractivity contribution < 1.29 is 9.59 Å². The van der Waals surface area contributed by atoms with E-state index in [1.54, 1.807) is 24.3 Å². The third-order valence-corrected chi connectivity index (χ3v) is 7.13. The molecule has 1 fully saturated rings. The van der Waals surface area contributed by atoms with E-state index in [0.717, 1.165) is 16.1 Å². The molecule has 3 aromatic carbocycles. The van der Waals surface area contributed by atoms with Crippen LogP contribution in [0, 0.1) is 0 Å². The average molecular weight is 526 g/mol. The molecular weight excluding hydrogens is 501 g/mol. The summed E-state index contributed by atoms with van der Waals surface area (Å²) < 4.78 is 0. The summed E-state index contributed by atoms with van der Waals surface area (Å²) in [6.07, 6.45) is 3.47. The van der Waals surface area contributed by atoms with Crippen LogP contribution in [0.2, 0.25) is 10.0 Å². The van der Waals surface area contributed by atoms with Crippen LogP contribution in [0.15, 0.2) is 83.8 Å². The fourth-order valence-electron chi connectivity index (χ4n) is 3.72. The highest BCUT2D eigenvalue weighted by molar-refractivity contribution is 8.00. The van der Waals surface area contributed by atoms with Gasteiger partial charge >= 0.3 is 0 Å². The first-order chi connectivity index (χ1) is 17.0. The van der Waals surface area contributed by atoms with E-state index in [-0.39, 0.29) is 17.6 Å². The van der Waals surface area contributed by atoms with Crippen LogP contribution in [0.1, 0.15) is 5.56 Å². The van der Waals surface area contributed by atoms with Gasteiger partial charge in [-0.25, -0.2) is 0 Å². The van der Waals surface area contributed by atoms with Gasteiger partial charge in [0.25, 0.3) is 0 Å². The van der Waals surface area contributed by atoms with E-state index in [1.165, 1.54) is 11.8 Å². The van der Waals surface area contributed by atoms with Gasteiger partial charge in [0.15, 0.2) is 0 Å². The summed E-state index contributed by atoms with van der Waals surface area (Å²) >= 11 is 13.9. The standard InChI is InChI=1S/C27H25Cl2N3O2S/c28-21-7-10-23(11-8-21)35-19-26(33)30-22-9-12-25(24(29)18-22)31-14-16-32(17-15-31)27(34)13-6-20-4-2-1-3-5-20/h1-13,18H,14-17,19H2,(H,30,33)/b13-6+. The number of hydrogen-bond donors (Lipinski definition) is 1. The molecule has 5 nitrogen and oxygen atoms in total. The van der Waals surface area contributed by atoms with Gasteiger partial charge in [0.05, 0.1) is 16.5 Å². The molecule has 0 saturated carbocycles. The molecule has 0 aliphatic carbocycles. The molecule has 1 aliphatic heterocycles. The second kappa shape index (κ2) is 12.2. The maximum Gasteiger partial charge on any atom is 0.246 e. The molecule has 180 valence electrons. The van der Waals surface area contributed by atoms with Crippen LogP contribution in [0.3, 0.4) is 0 Å². The molecule has 1 N–H and O–H groups in total. The van der Waals surface area contributed by atoms with Crippen molar-refractivity contribution in [3.05, 3.63) is 94.5 Å². The van der Waals surface area contributed by atoms with Gasteiger partial charge in [-0.1, -0.05) is 53.5 Å². The van der Waals surface area contributed by atoms with Crippen molar-refractivity contribution in [2.45, 2.75) is 4.90 Å². The Morgan fingerprint density at radius 3 is 2.31 bits per heavy atom. The number of amides is 2. The van der Waals surface area contributed by atoms with Crippen LogP contribution in [0.5, 0.6) is 0 Å². The van der Waals surface area contributed by atoms with Gasteiger partial charge < -0.3 is 15.1 Å². The minimum atomic E-state index is -0.107. The van der Waals surface area contributed by atoms with Crippen molar-refractivity contribution in [2.24, 2.45) is 0 Å². The summed E-state index contributed by atoms with van der Waals surface area (Å²) in [7, 11) is 0. The zero-order valence-electron chi connectivity index (χ0n) is 19.0. The van der Waals surface area contributed by atoms with Gasteiger partial charge in [-0.05, 0) is 54.1 Å². The monoisotopic (exact) mass is 525 g/mol. The molecule has 1 heterocycles. The molecule has 35 heavy (non-hydrogen) atoms. The first-order valence-corrected chi connectivity index (χ1v) is 13.0. The summed E-state index contributed by atoms with van der Waals surface area (Å²) in [4.78, 5) is 29.9. The number of halogens is 2. The third-order valence-electron chi connectivity index (χ3n) is 5.56. The molecular formula is C27H25Cl2N3O2S. The van der Waals surface area contributed by atoms with Gasteiger partial charge in [-0.2, -0.15) is 0 Å². The number of carbonyl (C=O) groups excluding carboxylic acids is 2. The highest BCUT2D eigenvalue weighted by Gasteiger charge is 2.21. The molecule has 3 aromatic rings. The highest BCUT2D eigenvalue weighted by Crippen LogP contribution is 2.30. The zero-order chi connectivity index (χ0) is 24.6. The molecule has 0 atom stereocenters. The topological polar surface area (TPSA) is 52.7 Å². The Morgan fingerprint density at radius 1 is 0.914 bits per heavy atom. The van der Waals surface area contributed by atoms with Crippen molar-refractivity contribution in [1.82, 2.24) is 4.90 Å². The Morgan fingerprint density at radius 2 is 1.63 bits per heavy atom. The van der Waals surface area contributed by atoms with Gasteiger partial charge in [-0.15, -0.1) is 11.8 Å². The second-order valence-electron chi connectivity index (χ2n) is 8.01. The minimum absolute atomic E-state index is 0.00845. The first-order valence-electron chi connectivity index (χ1n) is 11.2. The molecule has 2 amide bonds. The fraction of sp³-hybridized carbons (Fsp3) is 0.185. The molecule has 4 rings (SSSR count). The lowest BCUT2D eigenvalue weighted by atomic mass is 10.2. The van der Waals surface area contributed by atoms with Crippen LogP contribution < -0.4 is 10.2 Å². The molecule has 1 saturated heterocycles. The van der Waals surface area contributed by atoms with E-state index in [4.69, 9.17) is 23.2 Å². The van der Waals surface area contributed by atoms with E-state index in [9.17, 15) is 9.59 Å². The molecule has 0 aromatic heterocycles. The molecule has 0 unspecified atom stereocenters. The fourth-order valence-corrected chi connectivity index (χ4v) is 4.85. The van der Waals surface area contributed by atoms with Gasteiger partial charge in [-0.3, -0.25) is 9.59 Å². The quantitative estimate of drug-likeness (QED) is 0.299. The number of anilines is 2. The predicted octanol–water partition coefficient (Wildman–Crippen LogP) is 6.09. The predicted molar refractivity (Wildman–Crippen MR) is 147 cm³/mol. The van der Waals surface area contributed by atoms with E-state index >= 15 is 0 Å². The summed E-state index contributed by atoms with van der Waals surface area (Å²) in [6.45, 7) is 2.62. The summed E-state index contributed by atoms with van der Waals surface area (Å²) in [6, 6.07) is 22.7. The van der Waals surface area contributed by atoms with E-state index in [0.29, 0.717) is 41.9 Å². The van der Waals surface area contributed by atoms with Crippen LogP contribution in [0.25, 0.3) is 6.08 Å². The van der Waals surface area contributed by atoms with Crippen LogP contribution in [0.4, 0.5) is 11.4 Å². The van der Waals surface area contributed by atoms with Crippen molar-refractivity contribution in [1.29, 1.82) is 0 Å². The number of piperazine rings is 1. The number of carbonyl (C=O) groups is 2. The minimum Gasteiger partial charge on any atom is -0.367 e. The second-order valence-corrected chi connectivity index (χ2v) is 9.91. The molecule has 1 aliphatic rings. The van der Waals surface area contributed by atoms with Gasteiger partial charge in [0.2, 0.25) is 11.8 Å². The summed E-state index contributed by atoms with van der Waals surface area (Å²) in [5.41, 5.74) is 2.55. The Hall–Kier alpha value is -2.93. The SMILES string of the molecule is O=C(CSc1ccc(Cl)cc1)Nc1ccc(N2CCN(C(=O)/C=C/c3ccccc3)CC2)c(Cl)c1. The number of hydrogen-bond acceptors (Lipinski definition) is 4. The van der Waals surface area contributed by atoms with Crippen molar-refractivity contribution in [3.63, 3.8) is 0 Å². The molecule has 0 radical (unpaired) electrons. The lowest BCUT2D eigenvalue weighted by Gasteiger charge is -2.36. The summed E-state index contributed by atoms with van der Waals surface area (Å²) in [5, 5.41) is 4.13. The third kappa shape index (κ3) is 7.28. The Kier molecular flexibility index (Phi) is 8.74. The maximum absolute atomic E-state index is 12.5. The van der Waals surface area contributed by atoms with Crippen LogP contribution in [-0.2, 0) is 9.59 Å². The normalized spacial score (nSPS) is 13.8. The largest absolute Gasteiger partial charge is 0.367 e. The van der Waals surface area contributed by atoms with Crippen LogP contribution in [-0.4, -0.2) is 48.6 Å². The average Bonchev–Trinajstić information content (AvgIpc) is 2.88. The highest BCUT2D eigenvalue weighted by atomic mass is 35.5. The lowest BCUT2D eigenvalue weighted by molar-refractivity contribution is -0.126. The van der Waals surface area contributed by atoms with E-state index in [1.807, 2.05) is 65.6 Å². The maximum atomic E-state index is 12.5. The number of nitrogens with zero attached hydrogens (tertiary/aromatic N) is 2. The lowest BCUT2D eigenvalue weighted by Crippen LogP contribution is -2.48. The Bertz CT molecular complexity index is 1190. The van der Waals surface area contributed by atoms with Crippen LogP contribution >= 0.6 is 35.0 Å². The number of nitrogens with one attached hydrogen (secondary N) is 1. The summed E-state index contributed by atoms with van der Waals surface area (Å²) in [5.74, 6) is 0.189. The molecule has 0 spiro atoms. The number of thioether (sulfide) groups is 1. The van der Waals surface area contributed by atoms with Crippen molar-refractivity contribution in [2.75, 3.05) is 42.1 Å². The number of rotatable bonds is 7.